The van der Waals surface area contributed by atoms with Crippen molar-refractivity contribution in [1.29, 1.82) is 0 Å². The summed E-state index contributed by atoms with van der Waals surface area (Å²) in [5.74, 6) is 0. The Bertz CT molecular complexity index is 152. The molecule has 0 saturated heterocycles. The average Bonchev–Trinajstić information content (AvgIpc) is 2.47. The second-order valence-electron chi connectivity index (χ2n) is 5.82. The maximum Gasteiger partial charge on any atom is 0.503 e. The number of hydrogen-bond donors (Lipinski definition) is 2. The normalized spacial score (nSPS) is 9.27. The first kappa shape index (κ1) is 26.2. The van der Waals surface area contributed by atoms with Gasteiger partial charge in [0, 0.05) is 0 Å². The molecule has 0 aliphatic heterocycles. The van der Waals surface area contributed by atoms with E-state index in [1.807, 2.05) is 0 Å². The summed E-state index contributed by atoms with van der Waals surface area (Å²) in [6, 6.07) is 0. The molecule has 0 bridgehead atoms. The van der Waals surface area contributed by atoms with Crippen LogP contribution in [0.15, 0.2) is 0 Å². The van der Waals surface area contributed by atoms with E-state index in [0.717, 1.165) is 0 Å². The molecule has 0 amide bonds. The molecular weight excluding hydrogens is 276 g/mol. The third-order valence-corrected chi connectivity index (χ3v) is 3.41. The van der Waals surface area contributed by atoms with Crippen LogP contribution in [0.1, 0.15) is 118 Å². The fourth-order valence-electron chi connectivity index (χ4n) is 2.06. The van der Waals surface area contributed by atoms with E-state index in [1.165, 1.54) is 89.9 Å². The summed E-state index contributed by atoms with van der Waals surface area (Å²) < 4.78 is 0. The van der Waals surface area contributed by atoms with Crippen molar-refractivity contribution in [2.75, 3.05) is 0 Å². The summed E-state index contributed by atoms with van der Waals surface area (Å²) in [4.78, 5) is 8.56. The summed E-state index contributed by atoms with van der Waals surface area (Å²) in [5.41, 5.74) is 0. The predicted octanol–water partition coefficient (Wildman–Crippen LogP) is 7.74. The zero-order chi connectivity index (χ0) is 17.5. The van der Waals surface area contributed by atoms with Crippen LogP contribution in [0.5, 0.6) is 0 Å². The fourth-order valence-corrected chi connectivity index (χ4v) is 2.06. The quantitative estimate of drug-likeness (QED) is 0.362. The topological polar surface area (TPSA) is 57.5 Å². The Kier molecular flexibility index (Phi) is 33.8. The van der Waals surface area contributed by atoms with Crippen molar-refractivity contribution >= 4 is 6.16 Å². The van der Waals surface area contributed by atoms with Crippen LogP contribution in [-0.2, 0) is 0 Å². The third-order valence-electron chi connectivity index (χ3n) is 3.41. The van der Waals surface area contributed by atoms with Crippen LogP contribution < -0.4 is 0 Å². The number of carboxylic acid groups (broad SMARTS) is 2. The van der Waals surface area contributed by atoms with Gasteiger partial charge in [0.05, 0.1) is 0 Å². The molecule has 0 aromatic rings. The molecule has 0 aromatic carbocycles. The molecule has 22 heavy (non-hydrogen) atoms. The molecule has 0 spiro atoms. The monoisotopic (exact) mass is 318 g/mol. The molecule has 2 N–H and O–H groups in total. The maximum absolute atomic E-state index is 8.56. The van der Waals surface area contributed by atoms with Crippen LogP contribution in [0, 0.1) is 0 Å². The second kappa shape index (κ2) is 28.4. The van der Waals surface area contributed by atoms with E-state index < -0.39 is 6.16 Å². The maximum atomic E-state index is 8.56. The zero-order valence-electron chi connectivity index (χ0n) is 15.7. The minimum atomic E-state index is -1.83. The van der Waals surface area contributed by atoms with E-state index in [4.69, 9.17) is 15.0 Å². The van der Waals surface area contributed by atoms with E-state index in [2.05, 4.69) is 27.7 Å². The van der Waals surface area contributed by atoms with Crippen LogP contribution in [0.3, 0.4) is 0 Å². The summed E-state index contributed by atoms with van der Waals surface area (Å²) in [6.07, 6.45) is 18.1. The number of unbranched alkanes of at least 4 members (excludes halogenated alkanes) is 12. The first-order valence-corrected chi connectivity index (χ1v) is 9.48. The molecular formula is C19H42O3. The van der Waals surface area contributed by atoms with E-state index in [9.17, 15) is 0 Å². The van der Waals surface area contributed by atoms with Crippen LogP contribution in [0.2, 0.25) is 0 Å². The van der Waals surface area contributed by atoms with Gasteiger partial charge in [0.2, 0.25) is 0 Å². The van der Waals surface area contributed by atoms with Gasteiger partial charge in [0.1, 0.15) is 0 Å². The largest absolute Gasteiger partial charge is 0.503 e. The summed E-state index contributed by atoms with van der Waals surface area (Å²) >= 11 is 0. The molecule has 0 aliphatic carbocycles. The lowest BCUT2D eigenvalue weighted by molar-refractivity contribution is 0.137. The molecule has 0 rings (SSSR count). The molecule has 0 radical (unpaired) electrons. The van der Waals surface area contributed by atoms with Crippen LogP contribution >= 0.6 is 0 Å². The Hall–Kier alpha value is -0.730. The van der Waals surface area contributed by atoms with Crippen molar-refractivity contribution in [2.45, 2.75) is 118 Å². The molecule has 0 heterocycles. The summed E-state index contributed by atoms with van der Waals surface area (Å²) in [5, 5.41) is 13.9. The van der Waals surface area contributed by atoms with Crippen molar-refractivity contribution in [3.63, 3.8) is 0 Å². The second-order valence-corrected chi connectivity index (χ2v) is 5.82. The van der Waals surface area contributed by atoms with Gasteiger partial charge in [-0.15, -0.1) is 0 Å². The Morgan fingerprint density at radius 2 is 0.636 bits per heavy atom. The van der Waals surface area contributed by atoms with Crippen molar-refractivity contribution < 1.29 is 15.0 Å². The van der Waals surface area contributed by atoms with Gasteiger partial charge in [0.25, 0.3) is 0 Å². The van der Waals surface area contributed by atoms with Gasteiger partial charge in [-0.25, -0.2) is 4.79 Å². The minimum absolute atomic E-state index is 1.37. The smallest absolute Gasteiger partial charge is 0.450 e. The Balaban J connectivity index is -0.000000266. The van der Waals surface area contributed by atoms with Gasteiger partial charge in [-0.3, -0.25) is 0 Å². The SMILES string of the molecule is CCCCCCCCC.CCCCCCCCC.O=C(O)O. The highest BCUT2D eigenvalue weighted by molar-refractivity contribution is 5.53. The van der Waals surface area contributed by atoms with E-state index in [1.54, 1.807) is 0 Å². The lowest BCUT2D eigenvalue weighted by Crippen LogP contribution is -1.81. The number of rotatable bonds is 12. The van der Waals surface area contributed by atoms with Gasteiger partial charge < -0.3 is 10.2 Å². The van der Waals surface area contributed by atoms with E-state index >= 15 is 0 Å². The van der Waals surface area contributed by atoms with Crippen molar-refractivity contribution in [2.24, 2.45) is 0 Å². The van der Waals surface area contributed by atoms with Crippen molar-refractivity contribution in [3.05, 3.63) is 0 Å². The van der Waals surface area contributed by atoms with Crippen molar-refractivity contribution in [1.82, 2.24) is 0 Å². The van der Waals surface area contributed by atoms with Crippen LogP contribution in [-0.4, -0.2) is 16.4 Å². The standard InChI is InChI=1S/2C9H20.CH2O3/c2*1-3-5-7-9-8-6-4-2;2-1(3)4/h2*3-9H2,1-2H3;(H2,2,3,4). The Morgan fingerprint density at radius 3 is 0.773 bits per heavy atom. The first-order valence-electron chi connectivity index (χ1n) is 9.48. The van der Waals surface area contributed by atoms with Gasteiger partial charge in [-0.05, 0) is 0 Å². The van der Waals surface area contributed by atoms with Crippen LogP contribution in [0.25, 0.3) is 0 Å². The van der Waals surface area contributed by atoms with Gasteiger partial charge in [-0.1, -0.05) is 118 Å². The summed E-state index contributed by atoms with van der Waals surface area (Å²) in [7, 11) is 0. The zero-order valence-corrected chi connectivity index (χ0v) is 15.7. The Morgan fingerprint density at radius 1 is 0.500 bits per heavy atom. The highest BCUT2D eigenvalue weighted by atomic mass is 16.6. The molecule has 136 valence electrons. The number of carbonyl (C=O) groups is 1. The highest BCUT2D eigenvalue weighted by Crippen LogP contribution is 2.06. The number of hydrogen-bond acceptors (Lipinski definition) is 1. The first-order chi connectivity index (χ1) is 10.6. The lowest BCUT2D eigenvalue weighted by atomic mass is 10.1. The average molecular weight is 319 g/mol. The van der Waals surface area contributed by atoms with Crippen LogP contribution in [0.4, 0.5) is 4.79 Å². The molecule has 0 saturated carbocycles. The summed E-state index contributed by atoms with van der Waals surface area (Å²) in [6.45, 7) is 9.05. The van der Waals surface area contributed by atoms with Gasteiger partial charge in [-0.2, -0.15) is 0 Å². The minimum Gasteiger partial charge on any atom is -0.450 e. The van der Waals surface area contributed by atoms with Gasteiger partial charge in [0.15, 0.2) is 0 Å². The molecule has 0 atom stereocenters. The van der Waals surface area contributed by atoms with E-state index in [-0.39, 0.29) is 0 Å². The molecule has 0 aromatic heterocycles. The predicted molar refractivity (Wildman–Crippen MR) is 98.0 cm³/mol. The van der Waals surface area contributed by atoms with E-state index in [0.29, 0.717) is 0 Å². The lowest BCUT2D eigenvalue weighted by Gasteiger charge is -1.96. The molecule has 3 nitrogen and oxygen atoms in total. The fraction of sp³-hybridized carbons (Fsp3) is 0.947. The molecule has 0 aliphatic rings. The molecule has 0 fully saturated rings. The van der Waals surface area contributed by atoms with Crippen molar-refractivity contribution in [3.8, 4) is 0 Å². The van der Waals surface area contributed by atoms with Gasteiger partial charge >= 0.3 is 6.16 Å². The molecule has 0 unspecified atom stereocenters. The Labute approximate surface area is 139 Å². The highest BCUT2D eigenvalue weighted by Gasteiger charge is 1.86. The third kappa shape index (κ3) is 50.6. The molecule has 3 heteroatoms.